The zero-order valence-corrected chi connectivity index (χ0v) is 15.3. The molecule has 6 rings (SSSR count). The van der Waals surface area contributed by atoms with E-state index in [1.165, 1.54) is 4.90 Å². The molecule has 2 amide bonds. The topological polar surface area (TPSA) is 66.1 Å². The Bertz CT molecular complexity index is 1470. The van der Waals surface area contributed by atoms with Crippen molar-refractivity contribution in [2.75, 3.05) is 0 Å². The number of rotatable bonds is 2. The van der Waals surface area contributed by atoms with E-state index in [9.17, 15) is 9.59 Å². The molecule has 29 heavy (non-hydrogen) atoms. The minimum atomic E-state index is -0.265. The summed E-state index contributed by atoms with van der Waals surface area (Å²) in [4.78, 5) is 36.2. The number of para-hydroxylation sites is 1. The molecule has 0 spiro atoms. The summed E-state index contributed by atoms with van der Waals surface area (Å²) in [6.45, 7) is 0.249. The number of imide groups is 1. The predicted octanol–water partition coefficient (Wildman–Crippen LogP) is 4.67. The van der Waals surface area contributed by atoms with Crippen molar-refractivity contribution in [2.24, 2.45) is 0 Å². The zero-order valence-electron chi connectivity index (χ0n) is 15.3. The quantitative estimate of drug-likeness (QED) is 0.455. The van der Waals surface area contributed by atoms with Crippen LogP contribution in [0.2, 0.25) is 0 Å². The first kappa shape index (κ1) is 16.0. The van der Waals surface area contributed by atoms with Gasteiger partial charge in [0.2, 0.25) is 0 Å². The maximum Gasteiger partial charge on any atom is 0.262 e. The summed E-state index contributed by atoms with van der Waals surface area (Å²) in [6, 6.07) is 21.1. The maximum absolute atomic E-state index is 13.5. The number of nitrogens with one attached hydrogen (secondary N) is 1. The van der Waals surface area contributed by atoms with E-state index in [-0.39, 0.29) is 18.4 Å². The fourth-order valence-electron chi connectivity index (χ4n) is 4.35. The Morgan fingerprint density at radius 3 is 2.38 bits per heavy atom. The van der Waals surface area contributed by atoms with Crippen molar-refractivity contribution in [1.29, 1.82) is 0 Å². The number of nitrogens with zero attached hydrogens (tertiary/aromatic N) is 2. The molecule has 1 aliphatic rings. The summed E-state index contributed by atoms with van der Waals surface area (Å²) >= 11 is 0. The molecule has 3 heterocycles. The molecule has 2 aromatic heterocycles. The summed E-state index contributed by atoms with van der Waals surface area (Å²) in [7, 11) is 0. The van der Waals surface area contributed by atoms with E-state index < -0.39 is 0 Å². The third kappa shape index (κ3) is 2.12. The Hall–Kier alpha value is -3.99. The molecule has 5 nitrogen and oxygen atoms in total. The number of hydrogen-bond donors (Lipinski definition) is 1. The molecule has 0 saturated carbocycles. The molecule has 5 aromatic rings. The third-order valence-electron chi connectivity index (χ3n) is 5.62. The van der Waals surface area contributed by atoms with Gasteiger partial charge in [0, 0.05) is 27.9 Å². The zero-order chi connectivity index (χ0) is 19.5. The Kier molecular flexibility index (Phi) is 3.18. The van der Waals surface area contributed by atoms with Gasteiger partial charge in [-0.05, 0) is 17.7 Å². The van der Waals surface area contributed by atoms with E-state index in [0.717, 1.165) is 27.4 Å². The van der Waals surface area contributed by atoms with Crippen LogP contribution in [0, 0.1) is 0 Å². The number of pyridine rings is 1. The summed E-state index contributed by atoms with van der Waals surface area (Å²) in [5.74, 6) is -0.520. The van der Waals surface area contributed by atoms with Crippen LogP contribution in [0.15, 0.2) is 72.9 Å². The minimum absolute atomic E-state index is 0.249. The van der Waals surface area contributed by atoms with Crippen LogP contribution in [0.4, 0.5) is 0 Å². The number of carbonyl (C=O) groups excluding carboxylic acids is 2. The standard InChI is InChI=1S/C24H15N3O2/c28-23-19-16-10-6-12-25-21(16)22-18(15-9-4-5-11-17(15)26-22)20(19)24(29)27(23)13-14-7-2-1-3-8-14/h1-12,26H,13H2. The Morgan fingerprint density at radius 2 is 1.52 bits per heavy atom. The second-order valence-corrected chi connectivity index (χ2v) is 7.25. The van der Waals surface area contributed by atoms with Gasteiger partial charge in [0.25, 0.3) is 11.8 Å². The normalized spacial score (nSPS) is 13.7. The van der Waals surface area contributed by atoms with Gasteiger partial charge in [-0.2, -0.15) is 0 Å². The third-order valence-corrected chi connectivity index (χ3v) is 5.62. The first-order chi connectivity index (χ1) is 14.2. The molecule has 0 fully saturated rings. The Morgan fingerprint density at radius 1 is 0.793 bits per heavy atom. The van der Waals surface area contributed by atoms with Crippen LogP contribution in [0.1, 0.15) is 26.3 Å². The fraction of sp³-hybridized carbons (Fsp3) is 0.0417. The molecule has 3 aromatic carbocycles. The van der Waals surface area contributed by atoms with E-state index in [2.05, 4.69) is 9.97 Å². The molecule has 0 unspecified atom stereocenters. The minimum Gasteiger partial charge on any atom is -0.353 e. The largest absolute Gasteiger partial charge is 0.353 e. The fourth-order valence-corrected chi connectivity index (χ4v) is 4.35. The van der Waals surface area contributed by atoms with Crippen LogP contribution in [-0.4, -0.2) is 26.7 Å². The number of amides is 2. The lowest BCUT2D eigenvalue weighted by molar-refractivity contribution is 0.0643. The van der Waals surface area contributed by atoms with E-state index in [0.29, 0.717) is 22.0 Å². The SMILES string of the molecule is O=C1c2c(c3c4ccccc4[nH]c3c3ncccc23)C(=O)N1Cc1ccccc1. The number of fused-ring (bicyclic) bond motifs is 8. The van der Waals surface area contributed by atoms with Crippen LogP contribution < -0.4 is 0 Å². The van der Waals surface area contributed by atoms with Gasteiger partial charge in [-0.1, -0.05) is 54.6 Å². The van der Waals surface area contributed by atoms with Crippen molar-refractivity contribution in [1.82, 2.24) is 14.9 Å². The second kappa shape index (κ2) is 5.75. The van der Waals surface area contributed by atoms with Gasteiger partial charge in [-0.15, -0.1) is 0 Å². The van der Waals surface area contributed by atoms with Crippen LogP contribution in [0.5, 0.6) is 0 Å². The van der Waals surface area contributed by atoms with Gasteiger partial charge >= 0.3 is 0 Å². The smallest absolute Gasteiger partial charge is 0.262 e. The number of hydrogen-bond acceptors (Lipinski definition) is 3. The molecular formula is C24H15N3O2. The summed E-state index contributed by atoms with van der Waals surface area (Å²) in [5.41, 5.74) is 4.26. The highest BCUT2D eigenvalue weighted by Gasteiger charge is 2.40. The predicted molar refractivity (Wildman–Crippen MR) is 112 cm³/mol. The van der Waals surface area contributed by atoms with Gasteiger partial charge in [-0.25, -0.2) is 0 Å². The lowest BCUT2D eigenvalue weighted by Crippen LogP contribution is -2.29. The molecule has 1 aliphatic heterocycles. The molecule has 1 N–H and O–H groups in total. The summed E-state index contributed by atoms with van der Waals surface area (Å²) in [6.07, 6.45) is 1.71. The maximum atomic E-state index is 13.5. The van der Waals surface area contributed by atoms with E-state index in [1.54, 1.807) is 12.3 Å². The first-order valence-electron chi connectivity index (χ1n) is 9.45. The highest BCUT2D eigenvalue weighted by atomic mass is 16.2. The second-order valence-electron chi connectivity index (χ2n) is 7.25. The molecular weight excluding hydrogens is 362 g/mol. The van der Waals surface area contributed by atoms with Crippen molar-refractivity contribution in [3.63, 3.8) is 0 Å². The highest BCUT2D eigenvalue weighted by Crippen LogP contribution is 2.40. The van der Waals surface area contributed by atoms with Gasteiger partial charge in [0.1, 0.15) is 0 Å². The van der Waals surface area contributed by atoms with Crippen molar-refractivity contribution in [3.05, 3.63) is 89.6 Å². The molecule has 5 heteroatoms. The van der Waals surface area contributed by atoms with Gasteiger partial charge in [0.05, 0.1) is 28.7 Å². The number of aromatic nitrogens is 2. The van der Waals surface area contributed by atoms with E-state index in [4.69, 9.17) is 0 Å². The van der Waals surface area contributed by atoms with Crippen molar-refractivity contribution < 1.29 is 9.59 Å². The van der Waals surface area contributed by atoms with Crippen LogP contribution >= 0.6 is 0 Å². The average molecular weight is 377 g/mol. The number of carbonyl (C=O) groups is 2. The molecule has 0 saturated heterocycles. The molecule has 0 radical (unpaired) electrons. The van der Waals surface area contributed by atoms with Gasteiger partial charge in [-0.3, -0.25) is 19.5 Å². The Balaban J connectivity index is 1.69. The van der Waals surface area contributed by atoms with Crippen LogP contribution in [-0.2, 0) is 6.54 Å². The molecule has 138 valence electrons. The lowest BCUT2D eigenvalue weighted by atomic mass is 9.97. The van der Waals surface area contributed by atoms with E-state index >= 15 is 0 Å². The van der Waals surface area contributed by atoms with Crippen molar-refractivity contribution in [3.8, 4) is 0 Å². The van der Waals surface area contributed by atoms with Crippen LogP contribution in [0.3, 0.4) is 0 Å². The average Bonchev–Trinajstić information content (AvgIpc) is 3.26. The highest BCUT2D eigenvalue weighted by molar-refractivity contribution is 6.36. The molecule has 0 aliphatic carbocycles. The summed E-state index contributed by atoms with van der Waals surface area (Å²) < 4.78 is 0. The van der Waals surface area contributed by atoms with Gasteiger partial charge in [0.15, 0.2) is 0 Å². The van der Waals surface area contributed by atoms with Crippen LogP contribution in [0.25, 0.3) is 32.7 Å². The molecule has 0 atom stereocenters. The first-order valence-corrected chi connectivity index (χ1v) is 9.45. The van der Waals surface area contributed by atoms with Gasteiger partial charge < -0.3 is 4.98 Å². The Labute approximate surface area is 165 Å². The number of H-pyrrole nitrogens is 1. The van der Waals surface area contributed by atoms with Crippen molar-refractivity contribution >= 4 is 44.5 Å². The van der Waals surface area contributed by atoms with E-state index in [1.807, 2.05) is 60.7 Å². The number of benzene rings is 3. The van der Waals surface area contributed by atoms with Crippen molar-refractivity contribution in [2.45, 2.75) is 6.54 Å². The number of aromatic amines is 1. The molecule has 0 bridgehead atoms. The summed E-state index contributed by atoms with van der Waals surface area (Å²) in [5, 5.41) is 2.40. The monoisotopic (exact) mass is 377 g/mol. The lowest BCUT2D eigenvalue weighted by Gasteiger charge is -2.13.